The molecule has 40 heavy (non-hydrogen) atoms. The van der Waals surface area contributed by atoms with Gasteiger partial charge in [0.2, 0.25) is 5.91 Å². The van der Waals surface area contributed by atoms with Gasteiger partial charge in [0.05, 0.1) is 20.3 Å². The number of carboxylic acids is 1. The minimum atomic E-state index is -3.42. The van der Waals surface area contributed by atoms with Gasteiger partial charge in [-0.1, -0.05) is 18.2 Å². The maximum atomic E-state index is 13.0. The van der Waals surface area contributed by atoms with Gasteiger partial charge in [0.1, 0.15) is 11.5 Å². The zero-order valence-electron chi connectivity index (χ0n) is 22.8. The summed E-state index contributed by atoms with van der Waals surface area (Å²) in [6, 6.07) is 11.8. The zero-order chi connectivity index (χ0) is 29.7. The van der Waals surface area contributed by atoms with Crippen molar-refractivity contribution < 1.29 is 41.0 Å². The summed E-state index contributed by atoms with van der Waals surface area (Å²) in [6.45, 7) is 0.468. The van der Waals surface area contributed by atoms with Gasteiger partial charge in [0.25, 0.3) is 0 Å². The van der Waals surface area contributed by atoms with Crippen molar-refractivity contribution in [3.8, 4) is 11.5 Å². The van der Waals surface area contributed by atoms with Crippen molar-refractivity contribution in [1.29, 1.82) is 0 Å². The van der Waals surface area contributed by atoms with Crippen LogP contribution in [0, 0.1) is 0 Å². The number of carboxylic acid groups (broad SMARTS) is 1. The molecular formula is C27H34N2O9S2. The Hall–Kier alpha value is -3.58. The van der Waals surface area contributed by atoms with Crippen molar-refractivity contribution in [3.05, 3.63) is 59.3 Å². The number of aryl methyl sites for hydroxylation is 1. The van der Waals surface area contributed by atoms with Crippen LogP contribution in [-0.2, 0) is 42.1 Å². The van der Waals surface area contributed by atoms with Crippen LogP contribution in [0.1, 0.15) is 29.2 Å². The van der Waals surface area contributed by atoms with E-state index in [9.17, 15) is 26.4 Å². The number of methoxy groups -OCH3 is 2. The molecule has 1 unspecified atom stereocenters. The summed E-state index contributed by atoms with van der Waals surface area (Å²) in [6.07, 6.45) is 6.02. The van der Waals surface area contributed by atoms with Crippen molar-refractivity contribution in [2.45, 2.75) is 25.3 Å². The number of hydrogen-bond donors (Lipinski definition) is 2. The monoisotopic (exact) mass is 594 g/mol. The van der Waals surface area contributed by atoms with E-state index >= 15 is 0 Å². The van der Waals surface area contributed by atoms with E-state index in [1.807, 2.05) is 36.5 Å². The van der Waals surface area contributed by atoms with Gasteiger partial charge in [-0.3, -0.25) is 9.59 Å². The van der Waals surface area contributed by atoms with Crippen molar-refractivity contribution in [3.63, 3.8) is 0 Å². The fraction of sp³-hybridized carbons (Fsp3) is 0.407. The molecule has 0 saturated heterocycles. The van der Waals surface area contributed by atoms with Gasteiger partial charge in [-0.2, -0.15) is 0 Å². The van der Waals surface area contributed by atoms with E-state index in [0.717, 1.165) is 41.0 Å². The van der Waals surface area contributed by atoms with Gasteiger partial charge < -0.3 is 24.5 Å². The van der Waals surface area contributed by atoms with Crippen LogP contribution in [0.15, 0.2) is 42.6 Å². The lowest BCUT2D eigenvalue weighted by molar-refractivity contribution is -0.134. The number of amides is 1. The fourth-order valence-corrected chi connectivity index (χ4v) is 5.86. The lowest BCUT2D eigenvalue weighted by Crippen LogP contribution is -2.43. The van der Waals surface area contributed by atoms with E-state index in [2.05, 4.69) is 11.1 Å². The highest BCUT2D eigenvalue weighted by atomic mass is 32.2. The molecule has 0 saturated carbocycles. The van der Waals surface area contributed by atoms with E-state index in [1.54, 1.807) is 19.1 Å². The lowest BCUT2D eigenvalue weighted by atomic mass is 9.88. The minimum Gasteiger partial charge on any atom is -0.493 e. The number of nitrogens with one attached hydrogen (secondary N) is 1. The van der Waals surface area contributed by atoms with E-state index in [4.69, 9.17) is 14.6 Å². The molecule has 0 aliphatic carbocycles. The highest BCUT2D eigenvalue weighted by Gasteiger charge is 2.33. The van der Waals surface area contributed by atoms with Crippen LogP contribution in [-0.4, -0.2) is 88.5 Å². The standard InChI is InChI=1S/C24H28N2O5S.C3H6O4S/c1-30-22-12-16-10-11-26(24(27)15-32(3,28)29)21(19(16)13-23(22)31-2)9-8-17-14-25-20-7-5-4-6-18(17)20;1-8(6,7)2-3(4)5/h4-7,12-14,21,25H,8-11,15H2,1-3H3;2H2,1H3,(H,4,5). The predicted molar refractivity (Wildman–Crippen MR) is 151 cm³/mol. The Bertz CT molecular complexity index is 1600. The van der Waals surface area contributed by atoms with Gasteiger partial charge in [0, 0.05) is 36.2 Å². The van der Waals surface area contributed by atoms with E-state index in [1.165, 1.54) is 5.56 Å². The number of carbonyl (C=O) groups excluding carboxylic acids is 1. The SMILES string of the molecule is COc1cc2c(cc1OC)C(CCc1c[nH]c3ccccc13)N(C(=O)CS(C)(=O)=O)CC2.CS(=O)(=O)CC(=O)O. The van der Waals surface area contributed by atoms with Crippen LogP contribution in [0.2, 0.25) is 0 Å². The number of nitrogens with zero attached hydrogens (tertiary/aromatic N) is 1. The number of hydrogen-bond acceptors (Lipinski definition) is 8. The number of benzene rings is 2. The number of sulfone groups is 2. The van der Waals surface area contributed by atoms with Gasteiger partial charge in [-0.05, 0) is 54.2 Å². The van der Waals surface area contributed by atoms with Gasteiger partial charge in [0.15, 0.2) is 31.2 Å². The summed E-state index contributed by atoms with van der Waals surface area (Å²) in [5.74, 6) is -1.70. The number of para-hydroxylation sites is 1. The summed E-state index contributed by atoms with van der Waals surface area (Å²) in [5, 5.41) is 9.03. The van der Waals surface area contributed by atoms with Gasteiger partial charge in [-0.25, -0.2) is 16.8 Å². The molecule has 0 radical (unpaired) electrons. The van der Waals surface area contributed by atoms with E-state index in [-0.39, 0.29) is 11.9 Å². The number of carbonyl (C=O) groups is 2. The number of aromatic amines is 1. The average Bonchev–Trinajstić information content (AvgIpc) is 3.27. The number of ether oxygens (including phenoxy) is 2. The number of fused-ring (bicyclic) bond motifs is 2. The maximum absolute atomic E-state index is 13.0. The highest BCUT2D eigenvalue weighted by Crippen LogP contribution is 2.40. The van der Waals surface area contributed by atoms with Crippen LogP contribution in [0.3, 0.4) is 0 Å². The first kappa shape index (κ1) is 31.0. The van der Waals surface area contributed by atoms with Crippen molar-refractivity contribution in [2.24, 2.45) is 0 Å². The molecule has 13 heteroatoms. The molecule has 1 atom stereocenters. The second kappa shape index (κ2) is 12.7. The van der Waals surface area contributed by atoms with E-state index in [0.29, 0.717) is 30.9 Å². The van der Waals surface area contributed by atoms with Crippen LogP contribution in [0.4, 0.5) is 0 Å². The summed E-state index contributed by atoms with van der Waals surface area (Å²) in [7, 11) is -3.56. The molecule has 2 N–H and O–H groups in total. The van der Waals surface area contributed by atoms with Gasteiger partial charge >= 0.3 is 5.97 Å². The molecule has 1 amide bonds. The number of H-pyrrole nitrogens is 1. The molecular weight excluding hydrogens is 560 g/mol. The fourth-order valence-electron chi connectivity index (χ4n) is 4.80. The second-order valence-corrected chi connectivity index (χ2v) is 14.0. The molecule has 1 aromatic heterocycles. The summed E-state index contributed by atoms with van der Waals surface area (Å²) in [4.78, 5) is 27.6. The Morgan fingerprint density at radius 3 is 2.20 bits per heavy atom. The predicted octanol–water partition coefficient (Wildman–Crippen LogP) is 2.40. The van der Waals surface area contributed by atoms with Crippen LogP contribution < -0.4 is 9.47 Å². The van der Waals surface area contributed by atoms with Crippen molar-refractivity contribution in [1.82, 2.24) is 9.88 Å². The molecule has 218 valence electrons. The Balaban J connectivity index is 0.000000482. The maximum Gasteiger partial charge on any atom is 0.318 e. The smallest absolute Gasteiger partial charge is 0.318 e. The first-order valence-electron chi connectivity index (χ1n) is 12.4. The summed E-state index contributed by atoms with van der Waals surface area (Å²) < 4.78 is 54.7. The number of rotatable bonds is 9. The molecule has 2 heterocycles. The quantitative estimate of drug-likeness (QED) is 0.379. The molecule has 1 aliphatic heterocycles. The molecule has 0 fully saturated rings. The molecule has 1 aliphatic rings. The largest absolute Gasteiger partial charge is 0.493 e. The second-order valence-electron chi connectivity index (χ2n) is 9.69. The normalized spacial score (nSPS) is 15.1. The third-order valence-corrected chi connectivity index (χ3v) is 8.00. The minimum absolute atomic E-state index is 0.249. The lowest BCUT2D eigenvalue weighted by Gasteiger charge is -2.38. The van der Waals surface area contributed by atoms with Crippen molar-refractivity contribution >= 4 is 42.5 Å². The molecule has 11 nitrogen and oxygen atoms in total. The molecule has 0 bridgehead atoms. The van der Waals surface area contributed by atoms with Crippen LogP contribution in [0.25, 0.3) is 10.9 Å². The third-order valence-electron chi connectivity index (χ3n) is 6.46. The van der Waals surface area contributed by atoms with Crippen LogP contribution in [0.5, 0.6) is 11.5 Å². The van der Waals surface area contributed by atoms with Crippen molar-refractivity contribution in [2.75, 3.05) is 44.8 Å². The zero-order valence-corrected chi connectivity index (χ0v) is 24.5. The molecule has 0 spiro atoms. The third kappa shape index (κ3) is 8.21. The molecule has 3 aromatic rings. The highest BCUT2D eigenvalue weighted by molar-refractivity contribution is 7.91. The molecule has 4 rings (SSSR count). The van der Waals surface area contributed by atoms with E-state index < -0.39 is 37.1 Å². The first-order valence-corrected chi connectivity index (χ1v) is 16.5. The Labute approximate surface area is 233 Å². The Morgan fingerprint density at radius 1 is 1.00 bits per heavy atom. The molecule has 2 aromatic carbocycles. The summed E-state index contributed by atoms with van der Waals surface area (Å²) in [5.41, 5.74) is 4.32. The summed E-state index contributed by atoms with van der Waals surface area (Å²) >= 11 is 0. The Morgan fingerprint density at radius 2 is 1.62 bits per heavy atom. The first-order chi connectivity index (χ1) is 18.7. The Kier molecular flexibility index (Phi) is 9.85. The number of aromatic nitrogens is 1. The van der Waals surface area contributed by atoms with Gasteiger partial charge in [-0.15, -0.1) is 0 Å². The topological polar surface area (TPSA) is 160 Å². The average molecular weight is 595 g/mol. The van der Waals surface area contributed by atoms with Crippen LogP contribution >= 0.6 is 0 Å². The number of aliphatic carboxylic acids is 1.